The van der Waals surface area contributed by atoms with Gasteiger partial charge in [-0.05, 0) is 80.5 Å². The second kappa shape index (κ2) is 10.1. The number of benzene rings is 2. The molecular formula is C23H26F2IN3O4. The van der Waals surface area contributed by atoms with Gasteiger partial charge in [-0.15, -0.1) is 0 Å². The number of nitrogens with one attached hydrogen (secondary N) is 1. The van der Waals surface area contributed by atoms with Gasteiger partial charge in [0.15, 0.2) is 0 Å². The lowest BCUT2D eigenvalue weighted by Gasteiger charge is -2.28. The predicted octanol–water partition coefficient (Wildman–Crippen LogP) is 5.19. The Balaban J connectivity index is 1.83. The molecular weight excluding hydrogens is 547 g/mol. The first-order valence-corrected chi connectivity index (χ1v) is 11.5. The molecule has 33 heavy (non-hydrogen) atoms. The lowest BCUT2D eigenvalue weighted by Crippen LogP contribution is -2.42. The third-order valence-electron chi connectivity index (χ3n) is 4.95. The van der Waals surface area contributed by atoms with Crippen molar-refractivity contribution >= 4 is 46.0 Å². The number of likely N-dealkylation sites (tertiary alicyclic amines) is 1. The molecule has 1 atom stereocenters. The largest absolute Gasteiger partial charge is 0.490 e. The van der Waals surface area contributed by atoms with Crippen molar-refractivity contribution in [1.82, 2.24) is 4.90 Å². The van der Waals surface area contributed by atoms with E-state index in [9.17, 15) is 18.4 Å². The van der Waals surface area contributed by atoms with Gasteiger partial charge < -0.3 is 25.4 Å². The number of halogens is 3. The van der Waals surface area contributed by atoms with Crippen LogP contribution < -0.4 is 15.8 Å². The highest BCUT2D eigenvalue weighted by Gasteiger charge is 2.33. The summed E-state index contributed by atoms with van der Waals surface area (Å²) >= 11 is 1.96. The van der Waals surface area contributed by atoms with Crippen molar-refractivity contribution in [2.75, 3.05) is 18.5 Å². The number of hydrogen-bond acceptors (Lipinski definition) is 5. The van der Waals surface area contributed by atoms with Crippen LogP contribution in [-0.2, 0) is 4.74 Å². The first-order valence-electron chi connectivity index (χ1n) is 10.4. The van der Waals surface area contributed by atoms with Crippen molar-refractivity contribution in [2.45, 2.75) is 45.3 Å². The first kappa shape index (κ1) is 25.0. The number of hydrogen-bond donors (Lipinski definition) is 2. The summed E-state index contributed by atoms with van der Waals surface area (Å²) in [6.45, 7) is 5.87. The zero-order chi connectivity index (χ0) is 24.3. The fourth-order valence-corrected chi connectivity index (χ4v) is 3.99. The van der Waals surface area contributed by atoms with Gasteiger partial charge in [0.05, 0.1) is 17.4 Å². The van der Waals surface area contributed by atoms with Crippen molar-refractivity contribution in [1.29, 1.82) is 0 Å². The van der Waals surface area contributed by atoms with Gasteiger partial charge in [-0.25, -0.2) is 13.6 Å². The molecule has 1 aliphatic rings. The molecule has 0 spiro atoms. The second-order valence-corrected chi connectivity index (χ2v) is 9.97. The maximum atomic E-state index is 14.4. The molecule has 1 heterocycles. The molecule has 0 bridgehead atoms. The molecule has 2 amide bonds. The first-order chi connectivity index (χ1) is 15.4. The van der Waals surface area contributed by atoms with Crippen LogP contribution in [0, 0.1) is 15.2 Å². The van der Waals surface area contributed by atoms with Crippen LogP contribution in [0.4, 0.5) is 25.0 Å². The Morgan fingerprint density at radius 3 is 2.58 bits per heavy atom. The van der Waals surface area contributed by atoms with E-state index >= 15 is 0 Å². The van der Waals surface area contributed by atoms with E-state index in [4.69, 9.17) is 15.2 Å². The van der Waals surface area contributed by atoms with E-state index in [-0.39, 0.29) is 35.3 Å². The van der Waals surface area contributed by atoms with Gasteiger partial charge in [0.25, 0.3) is 5.91 Å². The SMILES string of the molecule is CC(C)(C)OC(=O)N1CCCC1COc1cc(F)cc(Nc2ccc(I)cc2F)c1C(N)=O. The maximum absolute atomic E-state index is 14.4. The minimum Gasteiger partial charge on any atom is -0.490 e. The zero-order valence-electron chi connectivity index (χ0n) is 18.6. The Morgan fingerprint density at radius 2 is 1.94 bits per heavy atom. The molecule has 2 aromatic rings. The summed E-state index contributed by atoms with van der Waals surface area (Å²) in [6.07, 6.45) is 0.969. The molecule has 3 N–H and O–H groups in total. The van der Waals surface area contributed by atoms with Crippen molar-refractivity contribution in [3.8, 4) is 5.75 Å². The molecule has 0 saturated carbocycles. The fraction of sp³-hybridized carbons (Fsp3) is 0.391. The molecule has 10 heteroatoms. The number of nitrogens with two attached hydrogens (primary N) is 1. The lowest BCUT2D eigenvalue weighted by molar-refractivity contribution is 0.0186. The van der Waals surface area contributed by atoms with E-state index in [1.54, 1.807) is 31.7 Å². The standard InChI is InChI=1S/C23H26F2IN3O4/c1-23(2,3)33-22(31)29-8-4-5-15(29)12-32-19-10-13(24)9-18(20(19)21(27)30)28-17-7-6-14(26)11-16(17)25/h6-7,9-11,15,28H,4-5,8,12H2,1-3H3,(H2,27,30). The van der Waals surface area contributed by atoms with Crippen LogP contribution in [0.25, 0.3) is 0 Å². The Bertz CT molecular complexity index is 1060. The van der Waals surface area contributed by atoms with Crippen LogP contribution in [0.1, 0.15) is 44.0 Å². The molecule has 3 rings (SSSR count). The molecule has 0 aromatic heterocycles. The van der Waals surface area contributed by atoms with Crippen molar-refractivity contribution in [3.63, 3.8) is 0 Å². The Labute approximate surface area is 204 Å². The minimum absolute atomic E-state index is 0.0142. The van der Waals surface area contributed by atoms with Crippen LogP contribution in [0.15, 0.2) is 30.3 Å². The maximum Gasteiger partial charge on any atom is 0.410 e. The molecule has 1 fully saturated rings. The Kier molecular flexibility index (Phi) is 7.65. The highest BCUT2D eigenvalue weighted by molar-refractivity contribution is 14.1. The van der Waals surface area contributed by atoms with Crippen molar-refractivity contribution in [2.24, 2.45) is 5.73 Å². The molecule has 1 unspecified atom stereocenters. The summed E-state index contributed by atoms with van der Waals surface area (Å²) in [5.41, 5.74) is 4.83. The Morgan fingerprint density at radius 1 is 1.21 bits per heavy atom. The number of rotatable bonds is 6. The van der Waals surface area contributed by atoms with Crippen LogP contribution in [-0.4, -0.2) is 41.7 Å². The van der Waals surface area contributed by atoms with Crippen LogP contribution in [0.5, 0.6) is 5.75 Å². The Hall–Kier alpha value is -2.63. The van der Waals surface area contributed by atoms with Crippen LogP contribution in [0.3, 0.4) is 0 Å². The minimum atomic E-state index is -0.867. The molecule has 0 radical (unpaired) electrons. The predicted molar refractivity (Wildman–Crippen MR) is 129 cm³/mol. The van der Waals surface area contributed by atoms with Crippen LogP contribution >= 0.6 is 22.6 Å². The van der Waals surface area contributed by atoms with E-state index < -0.39 is 29.2 Å². The van der Waals surface area contributed by atoms with E-state index in [2.05, 4.69) is 5.32 Å². The van der Waals surface area contributed by atoms with E-state index in [0.29, 0.717) is 16.5 Å². The number of carbonyl (C=O) groups excluding carboxylic acids is 2. The topological polar surface area (TPSA) is 93.9 Å². The zero-order valence-corrected chi connectivity index (χ0v) is 20.7. The third-order valence-corrected chi connectivity index (χ3v) is 5.62. The summed E-state index contributed by atoms with van der Waals surface area (Å²) < 4.78 is 40.6. The lowest BCUT2D eigenvalue weighted by atomic mass is 10.1. The summed E-state index contributed by atoms with van der Waals surface area (Å²) in [5.74, 6) is -2.22. The summed E-state index contributed by atoms with van der Waals surface area (Å²) in [7, 11) is 0. The molecule has 178 valence electrons. The van der Waals surface area contributed by atoms with Crippen molar-refractivity contribution in [3.05, 3.63) is 51.1 Å². The number of anilines is 2. The third kappa shape index (κ3) is 6.46. The van der Waals surface area contributed by atoms with E-state index in [0.717, 1.165) is 18.6 Å². The molecule has 1 aliphatic heterocycles. The van der Waals surface area contributed by atoms with Gasteiger partial charge in [-0.1, -0.05) is 0 Å². The van der Waals surface area contributed by atoms with Gasteiger partial charge in [0.1, 0.15) is 35.2 Å². The number of amides is 2. The molecule has 7 nitrogen and oxygen atoms in total. The van der Waals surface area contributed by atoms with E-state index in [1.807, 2.05) is 22.6 Å². The normalized spacial score (nSPS) is 15.9. The average molecular weight is 573 g/mol. The van der Waals surface area contributed by atoms with Gasteiger partial charge in [-0.2, -0.15) is 0 Å². The number of ether oxygens (including phenoxy) is 2. The monoisotopic (exact) mass is 573 g/mol. The number of carbonyl (C=O) groups is 2. The van der Waals surface area contributed by atoms with E-state index in [1.165, 1.54) is 12.1 Å². The van der Waals surface area contributed by atoms with Crippen molar-refractivity contribution < 1.29 is 27.8 Å². The number of nitrogens with zero attached hydrogens (tertiary/aromatic N) is 1. The molecule has 2 aromatic carbocycles. The average Bonchev–Trinajstić information content (AvgIpc) is 3.15. The fourth-order valence-electron chi connectivity index (χ4n) is 3.54. The summed E-state index contributed by atoms with van der Waals surface area (Å²) in [6, 6.07) is 6.22. The van der Waals surface area contributed by atoms with Gasteiger partial charge in [0, 0.05) is 16.2 Å². The highest BCUT2D eigenvalue weighted by Crippen LogP contribution is 2.32. The summed E-state index contributed by atoms with van der Waals surface area (Å²) in [5, 5.41) is 2.73. The van der Waals surface area contributed by atoms with Gasteiger partial charge in [-0.3, -0.25) is 4.79 Å². The molecule has 1 saturated heterocycles. The number of primary amides is 1. The van der Waals surface area contributed by atoms with Gasteiger partial charge in [0.2, 0.25) is 0 Å². The highest BCUT2D eigenvalue weighted by atomic mass is 127. The second-order valence-electron chi connectivity index (χ2n) is 8.72. The quantitative estimate of drug-likeness (QED) is 0.464. The van der Waals surface area contributed by atoms with Gasteiger partial charge >= 0.3 is 6.09 Å². The molecule has 0 aliphatic carbocycles. The smallest absolute Gasteiger partial charge is 0.410 e. The summed E-state index contributed by atoms with van der Waals surface area (Å²) in [4.78, 5) is 26.3. The van der Waals surface area contributed by atoms with Crippen LogP contribution in [0.2, 0.25) is 0 Å².